The van der Waals surface area contributed by atoms with Gasteiger partial charge in [-0.2, -0.15) is 0 Å². The molecular formula is C16H20N4O3. The van der Waals surface area contributed by atoms with Crippen LogP contribution in [-0.2, 0) is 4.79 Å². The molecule has 1 spiro atoms. The largest absolute Gasteiger partial charge is 0.378 e. The Balaban J connectivity index is 1.66. The molecule has 2 aliphatic rings. The fraction of sp³-hybridized carbons (Fsp3) is 0.438. The molecular weight excluding hydrogens is 296 g/mol. The van der Waals surface area contributed by atoms with Crippen LogP contribution in [0.5, 0.6) is 0 Å². The highest BCUT2D eigenvalue weighted by Gasteiger charge is 2.48. The van der Waals surface area contributed by atoms with E-state index in [-0.39, 0.29) is 11.8 Å². The zero-order valence-electron chi connectivity index (χ0n) is 13.3. The van der Waals surface area contributed by atoms with Crippen molar-refractivity contribution < 1.29 is 14.4 Å². The third kappa shape index (κ3) is 2.74. The van der Waals surface area contributed by atoms with Crippen LogP contribution >= 0.6 is 0 Å². The number of benzene rings is 1. The Bertz CT molecular complexity index is 646. The molecule has 0 aromatic heterocycles. The summed E-state index contributed by atoms with van der Waals surface area (Å²) in [6, 6.07) is 6.99. The van der Waals surface area contributed by atoms with Crippen LogP contribution in [0.3, 0.4) is 0 Å². The number of rotatable bonds is 2. The fourth-order valence-electron chi connectivity index (χ4n) is 3.06. The standard InChI is InChI=1S/C16H20N4O3/c1-19(2)12-5-3-11(4-6-12)13(21)20-9-7-16(8-10-20)14(22)17-15(23)18-16/h3-6H,7-10H2,1-2H3,(H2,17,18,22,23). The van der Waals surface area contributed by atoms with Gasteiger partial charge in [0.1, 0.15) is 5.54 Å². The second kappa shape index (κ2) is 5.57. The van der Waals surface area contributed by atoms with Crippen molar-refractivity contribution in [3.63, 3.8) is 0 Å². The zero-order valence-corrected chi connectivity index (χ0v) is 13.3. The van der Waals surface area contributed by atoms with E-state index in [9.17, 15) is 14.4 Å². The second-order valence-corrected chi connectivity index (χ2v) is 6.22. The molecule has 2 N–H and O–H groups in total. The predicted octanol–water partition coefficient (Wildman–Crippen LogP) is 0.567. The number of imide groups is 1. The van der Waals surface area contributed by atoms with Gasteiger partial charge in [-0.1, -0.05) is 0 Å². The summed E-state index contributed by atoms with van der Waals surface area (Å²) in [6.07, 6.45) is 0.873. The van der Waals surface area contributed by atoms with Gasteiger partial charge in [0.2, 0.25) is 0 Å². The first kappa shape index (κ1) is 15.3. The Morgan fingerprint density at radius 3 is 2.22 bits per heavy atom. The number of likely N-dealkylation sites (tertiary alicyclic amines) is 1. The summed E-state index contributed by atoms with van der Waals surface area (Å²) in [6.45, 7) is 0.893. The average Bonchev–Trinajstić information content (AvgIpc) is 2.81. The molecule has 1 aromatic rings. The lowest BCUT2D eigenvalue weighted by Gasteiger charge is -2.37. The van der Waals surface area contributed by atoms with E-state index in [0.717, 1.165) is 5.69 Å². The summed E-state index contributed by atoms with van der Waals surface area (Å²) >= 11 is 0. The maximum absolute atomic E-state index is 12.6. The minimum Gasteiger partial charge on any atom is -0.378 e. The van der Waals surface area contributed by atoms with Crippen LogP contribution < -0.4 is 15.5 Å². The van der Waals surface area contributed by atoms with E-state index < -0.39 is 11.6 Å². The Kier molecular flexibility index (Phi) is 3.71. The van der Waals surface area contributed by atoms with Gasteiger partial charge in [-0.3, -0.25) is 14.9 Å². The average molecular weight is 316 g/mol. The van der Waals surface area contributed by atoms with E-state index in [1.54, 1.807) is 4.90 Å². The maximum Gasteiger partial charge on any atom is 0.322 e. The van der Waals surface area contributed by atoms with E-state index in [0.29, 0.717) is 31.5 Å². The molecule has 4 amide bonds. The Morgan fingerprint density at radius 2 is 1.74 bits per heavy atom. The molecule has 2 aliphatic heterocycles. The fourth-order valence-corrected chi connectivity index (χ4v) is 3.06. The summed E-state index contributed by atoms with van der Waals surface area (Å²) in [7, 11) is 3.89. The van der Waals surface area contributed by atoms with E-state index in [1.165, 1.54) is 0 Å². The van der Waals surface area contributed by atoms with Crippen LogP contribution in [0.25, 0.3) is 0 Å². The van der Waals surface area contributed by atoms with Crippen molar-refractivity contribution in [1.29, 1.82) is 0 Å². The number of urea groups is 1. The molecule has 0 aliphatic carbocycles. The quantitative estimate of drug-likeness (QED) is 0.782. The third-order valence-electron chi connectivity index (χ3n) is 4.55. The van der Waals surface area contributed by atoms with Gasteiger partial charge in [-0.15, -0.1) is 0 Å². The maximum atomic E-state index is 12.6. The van der Waals surface area contributed by atoms with Gasteiger partial charge in [0.05, 0.1) is 0 Å². The number of nitrogens with zero attached hydrogens (tertiary/aromatic N) is 2. The molecule has 1 aromatic carbocycles. The highest BCUT2D eigenvalue weighted by atomic mass is 16.2. The van der Waals surface area contributed by atoms with E-state index in [2.05, 4.69) is 10.6 Å². The number of carbonyl (C=O) groups excluding carboxylic acids is 3. The minimum absolute atomic E-state index is 0.0464. The zero-order chi connectivity index (χ0) is 16.6. The van der Waals surface area contributed by atoms with Crippen LogP contribution in [0.15, 0.2) is 24.3 Å². The van der Waals surface area contributed by atoms with Crippen molar-refractivity contribution in [2.45, 2.75) is 18.4 Å². The first-order valence-electron chi connectivity index (χ1n) is 7.61. The van der Waals surface area contributed by atoms with Gasteiger partial charge in [0.15, 0.2) is 0 Å². The SMILES string of the molecule is CN(C)c1ccc(C(=O)N2CCC3(CC2)NC(=O)NC3=O)cc1. The lowest BCUT2D eigenvalue weighted by Crippen LogP contribution is -2.55. The molecule has 0 saturated carbocycles. The molecule has 0 radical (unpaired) electrons. The molecule has 0 atom stereocenters. The first-order valence-corrected chi connectivity index (χ1v) is 7.61. The van der Waals surface area contributed by atoms with Crippen molar-refractivity contribution in [3.8, 4) is 0 Å². The van der Waals surface area contributed by atoms with Crippen molar-refractivity contribution in [3.05, 3.63) is 29.8 Å². The smallest absolute Gasteiger partial charge is 0.322 e. The van der Waals surface area contributed by atoms with E-state index in [4.69, 9.17) is 0 Å². The number of hydrogen-bond acceptors (Lipinski definition) is 4. The molecule has 3 rings (SSSR count). The summed E-state index contributed by atoms with van der Waals surface area (Å²) in [5.74, 6) is -0.333. The highest BCUT2D eigenvalue weighted by molar-refractivity contribution is 6.07. The van der Waals surface area contributed by atoms with Crippen LogP contribution in [0.2, 0.25) is 0 Å². The minimum atomic E-state index is -0.845. The summed E-state index contributed by atoms with van der Waals surface area (Å²) in [4.78, 5) is 39.5. The van der Waals surface area contributed by atoms with Crippen LogP contribution in [0.1, 0.15) is 23.2 Å². The lowest BCUT2D eigenvalue weighted by atomic mass is 9.87. The number of piperidine rings is 1. The molecule has 0 unspecified atom stereocenters. The number of nitrogens with one attached hydrogen (secondary N) is 2. The Morgan fingerprint density at radius 1 is 1.13 bits per heavy atom. The molecule has 7 heteroatoms. The number of hydrogen-bond donors (Lipinski definition) is 2. The van der Waals surface area contributed by atoms with E-state index in [1.807, 2.05) is 43.3 Å². The van der Waals surface area contributed by atoms with Gasteiger partial charge in [-0.25, -0.2) is 4.79 Å². The summed E-state index contributed by atoms with van der Waals surface area (Å²) in [5.41, 5.74) is 0.818. The van der Waals surface area contributed by atoms with Crippen LogP contribution in [0.4, 0.5) is 10.5 Å². The van der Waals surface area contributed by atoms with Gasteiger partial charge < -0.3 is 15.1 Å². The highest BCUT2D eigenvalue weighted by Crippen LogP contribution is 2.26. The molecule has 23 heavy (non-hydrogen) atoms. The first-order chi connectivity index (χ1) is 10.9. The lowest BCUT2D eigenvalue weighted by molar-refractivity contribution is -0.125. The number of anilines is 1. The number of carbonyl (C=O) groups is 3. The van der Waals surface area contributed by atoms with E-state index >= 15 is 0 Å². The predicted molar refractivity (Wildman–Crippen MR) is 85.3 cm³/mol. The monoisotopic (exact) mass is 316 g/mol. The molecule has 122 valence electrons. The second-order valence-electron chi connectivity index (χ2n) is 6.22. The molecule has 7 nitrogen and oxygen atoms in total. The topological polar surface area (TPSA) is 81.8 Å². The Hall–Kier alpha value is -2.57. The van der Waals surface area contributed by atoms with Crippen LogP contribution in [-0.4, -0.2) is 55.5 Å². The van der Waals surface area contributed by atoms with Crippen molar-refractivity contribution in [2.24, 2.45) is 0 Å². The van der Waals surface area contributed by atoms with Crippen molar-refractivity contribution >= 4 is 23.5 Å². The molecule has 2 saturated heterocycles. The van der Waals surface area contributed by atoms with Gasteiger partial charge in [0.25, 0.3) is 11.8 Å². The molecule has 2 heterocycles. The van der Waals surface area contributed by atoms with Gasteiger partial charge >= 0.3 is 6.03 Å². The van der Waals surface area contributed by atoms with Crippen LogP contribution in [0, 0.1) is 0 Å². The normalized spacial score (nSPS) is 19.5. The molecule has 0 bridgehead atoms. The Labute approximate surface area is 134 Å². The van der Waals surface area contributed by atoms with Crippen molar-refractivity contribution in [2.75, 3.05) is 32.1 Å². The molecule has 2 fully saturated rings. The summed E-state index contributed by atoms with van der Waals surface area (Å²) in [5, 5.41) is 4.97. The van der Waals surface area contributed by atoms with Crippen molar-refractivity contribution in [1.82, 2.24) is 15.5 Å². The van der Waals surface area contributed by atoms with Gasteiger partial charge in [0, 0.05) is 38.4 Å². The van der Waals surface area contributed by atoms with Gasteiger partial charge in [-0.05, 0) is 37.1 Å². The number of amides is 4. The summed E-state index contributed by atoms with van der Waals surface area (Å²) < 4.78 is 0. The third-order valence-corrected chi connectivity index (χ3v) is 4.55.